The fourth-order valence-corrected chi connectivity index (χ4v) is 3.63. The van der Waals surface area contributed by atoms with Crippen molar-refractivity contribution in [2.75, 3.05) is 13.2 Å². The van der Waals surface area contributed by atoms with Gasteiger partial charge in [-0.1, -0.05) is 41.1 Å². The van der Waals surface area contributed by atoms with Gasteiger partial charge in [0.05, 0.1) is 0 Å². The first kappa shape index (κ1) is 23.9. The van der Waals surface area contributed by atoms with Gasteiger partial charge in [-0.15, -0.1) is 0 Å². The lowest BCUT2D eigenvalue weighted by molar-refractivity contribution is -0.142. The molecule has 0 aliphatic heterocycles. The zero-order chi connectivity index (χ0) is 22.3. The van der Waals surface area contributed by atoms with Crippen LogP contribution in [0.15, 0.2) is 40.9 Å². The summed E-state index contributed by atoms with van der Waals surface area (Å²) < 4.78 is 6.81. The van der Waals surface area contributed by atoms with Crippen LogP contribution in [0.4, 0.5) is 0 Å². The van der Waals surface area contributed by atoms with E-state index in [0.29, 0.717) is 18.8 Å². The van der Waals surface area contributed by atoms with Crippen LogP contribution < -0.4 is 10.1 Å². The Hall–Kier alpha value is -2.34. The third-order valence-corrected chi connectivity index (χ3v) is 5.57. The fraction of sp³-hybridized carbons (Fsp3) is 0.417. The average Bonchev–Trinajstić information content (AvgIpc) is 2.71. The maximum absolute atomic E-state index is 13.1. The average molecular weight is 475 g/mol. The van der Waals surface area contributed by atoms with Gasteiger partial charge >= 0.3 is 0 Å². The molecule has 2 aromatic rings. The Labute approximate surface area is 187 Å². The quantitative estimate of drug-likeness (QED) is 0.572. The first-order chi connectivity index (χ1) is 14.2. The third-order valence-electron chi connectivity index (χ3n) is 5.07. The summed E-state index contributed by atoms with van der Waals surface area (Å²) in [5.41, 5.74) is 4.16. The van der Waals surface area contributed by atoms with Crippen molar-refractivity contribution < 1.29 is 14.3 Å². The molecule has 5 nitrogen and oxygen atoms in total. The summed E-state index contributed by atoms with van der Waals surface area (Å²) in [5.74, 6) is 0.307. The van der Waals surface area contributed by atoms with Crippen LogP contribution >= 0.6 is 15.9 Å². The minimum atomic E-state index is -0.605. The minimum absolute atomic E-state index is 0.122. The lowest BCUT2D eigenvalue weighted by Gasteiger charge is -2.29. The van der Waals surface area contributed by atoms with Gasteiger partial charge in [-0.3, -0.25) is 9.59 Å². The van der Waals surface area contributed by atoms with Gasteiger partial charge in [0.1, 0.15) is 11.8 Å². The third kappa shape index (κ3) is 6.59. The summed E-state index contributed by atoms with van der Waals surface area (Å²) in [5, 5.41) is 2.88. The van der Waals surface area contributed by atoms with Crippen LogP contribution in [0.1, 0.15) is 42.5 Å². The second kappa shape index (κ2) is 11.2. The van der Waals surface area contributed by atoms with Gasteiger partial charge in [0.2, 0.25) is 5.91 Å². The second-order valence-corrected chi connectivity index (χ2v) is 8.53. The Morgan fingerprint density at radius 2 is 1.90 bits per heavy atom. The van der Waals surface area contributed by atoms with E-state index in [9.17, 15) is 9.59 Å². The Kier molecular flexibility index (Phi) is 8.90. The Morgan fingerprint density at radius 1 is 1.17 bits per heavy atom. The van der Waals surface area contributed by atoms with Crippen LogP contribution in [0.2, 0.25) is 0 Å². The number of carbonyl (C=O) groups excluding carboxylic acids is 2. The highest BCUT2D eigenvalue weighted by Gasteiger charge is 2.26. The van der Waals surface area contributed by atoms with Crippen molar-refractivity contribution in [1.82, 2.24) is 10.2 Å². The van der Waals surface area contributed by atoms with Gasteiger partial charge in [0.15, 0.2) is 6.61 Å². The van der Waals surface area contributed by atoms with E-state index in [2.05, 4.69) is 27.3 Å². The number of rotatable bonds is 9. The number of halogens is 1. The monoisotopic (exact) mass is 474 g/mol. The summed E-state index contributed by atoms with van der Waals surface area (Å²) in [6, 6.07) is 11.2. The highest BCUT2D eigenvalue weighted by molar-refractivity contribution is 9.10. The molecule has 30 heavy (non-hydrogen) atoms. The summed E-state index contributed by atoms with van der Waals surface area (Å²) >= 11 is 3.46. The minimum Gasteiger partial charge on any atom is -0.483 e. The number of amides is 2. The highest BCUT2D eigenvalue weighted by atomic mass is 79.9. The molecule has 0 aromatic heterocycles. The number of carbonyl (C=O) groups is 2. The molecule has 0 spiro atoms. The molecular weight excluding hydrogens is 444 g/mol. The lowest BCUT2D eigenvalue weighted by Crippen LogP contribution is -2.49. The molecule has 6 heteroatoms. The van der Waals surface area contributed by atoms with Gasteiger partial charge in [-0.25, -0.2) is 0 Å². The van der Waals surface area contributed by atoms with Crippen molar-refractivity contribution in [2.24, 2.45) is 0 Å². The zero-order valence-electron chi connectivity index (χ0n) is 18.4. The smallest absolute Gasteiger partial charge is 0.261 e. The highest BCUT2D eigenvalue weighted by Crippen LogP contribution is 2.23. The number of hydrogen-bond acceptors (Lipinski definition) is 3. The molecule has 162 valence electrons. The van der Waals surface area contributed by atoms with Gasteiger partial charge in [0, 0.05) is 17.6 Å². The molecule has 1 atom stereocenters. The predicted molar refractivity (Wildman–Crippen MR) is 124 cm³/mol. The van der Waals surface area contributed by atoms with Crippen LogP contribution in [0.25, 0.3) is 0 Å². The van der Waals surface area contributed by atoms with Gasteiger partial charge in [0.25, 0.3) is 5.91 Å². The number of benzene rings is 2. The summed E-state index contributed by atoms with van der Waals surface area (Å²) in [4.78, 5) is 27.3. The topological polar surface area (TPSA) is 58.6 Å². The maximum atomic E-state index is 13.1. The van der Waals surface area contributed by atoms with Crippen LogP contribution in [-0.4, -0.2) is 35.9 Å². The van der Waals surface area contributed by atoms with Crippen LogP contribution in [0.5, 0.6) is 5.75 Å². The van der Waals surface area contributed by atoms with Crippen LogP contribution in [-0.2, 0) is 16.1 Å². The Morgan fingerprint density at radius 3 is 2.57 bits per heavy atom. The van der Waals surface area contributed by atoms with E-state index in [1.165, 1.54) is 0 Å². The summed E-state index contributed by atoms with van der Waals surface area (Å²) in [6.07, 6.45) is 0.840. The van der Waals surface area contributed by atoms with Crippen molar-refractivity contribution in [3.63, 3.8) is 0 Å². The summed E-state index contributed by atoms with van der Waals surface area (Å²) in [6.45, 7) is 10.5. The maximum Gasteiger partial charge on any atom is 0.261 e. The van der Waals surface area contributed by atoms with Gasteiger partial charge in [-0.2, -0.15) is 0 Å². The number of nitrogens with one attached hydrogen (secondary N) is 1. The molecule has 0 unspecified atom stereocenters. The summed E-state index contributed by atoms with van der Waals surface area (Å²) in [7, 11) is 0. The molecular formula is C24H31BrN2O3. The van der Waals surface area contributed by atoms with E-state index in [4.69, 9.17) is 4.74 Å². The van der Waals surface area contributed by atoms with E-state index in [1.54, 1.807) is 11.8 Å². The predicted octanol–water partition coefficient (Wildman–Crippen LogP) is 4.70. The molecule has 0 fully saturated rings. The number of nitrogens with zero attached hydrogens (tertiary/aromatic N) is 1. The molecule has 0 saturated heterocycles. The SMILES string of the molecule is CCCNC(=O)[C@@H](C)N(Cc1cccc(Br)c1)C(=O)COc1cc(C)cc(C)c1C. The fourth-order valence-electron chi connectivity index (χ4n) is 3.18. The van der Waals surface area contributed by atoms with Crippen molar-refractivity contribution in [1.29, 1.82) is 0 Å². The number of hydrogen-bond donors (Lipinski definition) is 1. The molecule has 0 saturated carbocycles. The molecule has 0 heterocycles. The molecule has 2 aromatic carbocycles. The lowest BCUT2D eigenvalue weighted by atomic mass is 10.1. The van der Waals surface area contributed by atoms with Crippen molar-refractivity contribution in [3.8, 4) is 5.75 Å². The van der Waals surface area contributed by atoms with E-state index < -0.39 is 6.04 Å². The molecule has 2 rings (SSSR count). The largest absolute Gasteiger partial charge is 0.483 e. The normalized spacial score (nSPS) is 11.7. The van der Waals surface area contributed by atoms with E-state index in [-0.39, 0.29) is 18.4 Å². The van der Waals surface area contributed by atoms with E-state index >= 15 is 0 Å². The molecule has 2 amide bonds. The van der Waals surface area contributed by atoms with Crippen molar-refractivity contribution >= 4 is 27.7 Å². The van der Waals surface area contributed by atoms with Crippen LogP contribution in [0, 0.1) is 20.8 Å². The zero-order valence-corrected chi connectivity index (χ0v) is 20.0. The molecule has 0 aliphatic rings. The van der Waals surface area contributed by atoms with E-state index in [0.717, 1.165) is 33.1 Å². The van der Waals surface area contributed by atoms with Crippen molar-refractivity contribution in [2.45, 2.75) is 53.6 Å². The first-order valence-corrected chi connectivity index (χ1v) is 11.0. The Bertz CT molecular complexity index is 898. The number of aryl methyl sites for hydroxylation is 2. The molecule has 0 radical (unpaired) electrons. The second-order valence-electron chi connectivity index (χ2n) is 7.61. The van der Waals surface area contributed by atoms with Gasteiger partial charge < -0.3 is 15.0 Å². The molecule has 1 N–H and O–H groups in total. The molecule has 0 bridgehead atoms. The first-order valence-electron chi connectivity index (χ1n) is 10.2. The van der Waals surface area contributed by atoms with E-state index in [1.807, 2.05) is 58.0 Å². The van der Waals surface area contributed by atoms with Crippen molar-refractivity contribution in [3.05, 3.63) is 63.1 Å². The van der Waals surface area contributed by atoms with Gasteiger partial charge in [-0.05, 0) is 74.6 Å². The Balaban J connectivity index is 2.19. The van der Waals surface area contributed by atoms with Crippen LogP contribution in [0.3, 0.4) is 0 Å². The molecule has 0 aliphatic carbocycles. The standard InChI is InChI=1S/C24H31BrN2O3/c1-6-10-26-24(29)19(5)27(14-20-8-7-9-21(25)13-20)23(28)15-30-22-12-16(2)11-17(3)18(22)4/h7-9,11-13,19H,6,10,14-15H2,1-5H3,(H,26,29)/t19-/m1/s1. The number of ether oxygens (including phenoxy) is 1.